The molecular weight excluding hydrogens is 252 g/mol. The molecule has 1 N–H and O–H groups in total. The first-order chi connectivity index (χ1) is 9.31. The summed E-state index contributed by atoms with van der Waals surface area (Å²) in [5.41, 5.74) is 1.93. The topological polar surface area (TPSA) is 24.4 Å². The fourth-order valence-electron chi connectivity index (χ4n) is 2.78. The maximum absolute atomic E-state index is 4.82. The molecule has 2 fully saturated rings. The van der Waals surface area contributed by atoms with E-state index < -0.39 is 0 Å². The Morgan fingerprint density at radius 3 is 2.79 bits per heavy atom. The van der Waals surface area contributed by atoms with E-state index in [-0.39, 0.29) is 0 Å². The summed E-state index contributed by atoms with van der Waals surface area (Å²) in [7, 11) is 0. The molecule has 0 bridgehead atoms. The molecule has 2 nitrogen and oxygen atoms in total. The Kier molecular flexibility index (Phi) is 3.83. The van der Waals surface area contributed by atoms with E-state index in [1.165, 1.54) is 31.2 Å². The van der Waals surface area contributed by atoms with Crippen LogP contribution in [0.5, 0.6) is 0 Å². The van der Waals surface area contributed by atoms with Gasteiger partial charge < -0.3 is 5.32 Å². The smallest absolute Gasteiger partial charge is 0.157 e. The number of thioether (sulfide) groups is 1. The largest absolute Gasteiger partial charge is 0.357 e. The summed E-state index contributed by atoms with van der Waals surface area (Å²) in [4.78, 5) is 4.82. The summed E-state index contributed by atoms with van der Waals surface area (Å²) in [5.74, 6) is 1.10. The first-order valence-electron chi connectivity index (χ1n) is 7.30. The van der Waals surface area contributed by atoms with E-state index >= 15 is 0 Å². The molecule has 1 aromatic rings. The molecule has 2 aliphatic rings. The molecule has 1 aromatic carbocycles. The fourth-order valence-corrected chi connectivity index (χ4v) is 3.77. The van der Waals surface area contributed by atoms with Crippen molar-refractivity contribution in [1.82, 2.24) is 5.32 Å². The maximum atomic E-state index is 4.82. The third-order valence-electron chi connectivity index (χ3n) is 4.18. The molecule has 1 saturated carbocycles. The predicted octanol–water partition coefficient (Wildman–Crippen LogP) is 4.00. The first-order valence-corrected chi connectivity index (χ1v) is 8.29. The van der Waals surface area contributed by atoms with E-state index in [2.05, 4.69) is 42.6 Å². The molecule has 102 valence electrons. The molecule has 0 radical (unpaired) electrons. The molecule has 3 heteroatoms. The quantitative estimate of drug-likeness (QED) is 0.877. The lowest BCUT2D eigenvalue weighted by molar-refractivity contribution is 0.472. The van der Waals surface area contributed by atoms with Gasteiger partial charge in [0.15, 0.2) is 5.17 Å². The summed E-state index contributed by atoms with van der Waals surface area (Å²) in [5, 5.41) is 4.71. The molecule has 0 spiro atoms. The number of hydrogen-bond donors (Lipinski definition) is 1. The van der Waals surface area contributed by atoms with Gasteiger partial charge >= 0.3 is 0 Å². The third-order valence-corrected chi connectivity index (χ3v) is 5.20. The molecule has 19 heavy (non-hydrogen) atoms. The highest BCUT2D eigenvalue weighted by Crippen LogP contribution is 2.50. The second kappa shape index (κ2) is 5.58. The van der Waals surface area contributed by atoms with Crippen molar-refractivity contribution in [2.45, 2.75) is 38.6 Å². The number of nitrogens with zero attached hydrogens (tertiary/aromatic N) is 1. The van der Waals surface area contributed by atoms with E-state index in [0.717, 1.165) is 17.5 Å². The van der Waals surface area contributed by atoms with Crippen LogP contribution in [0.3, 0.4) is 0 Å². The number of benzene rings is 1. The zero-order valence-electron chi connectivity index (χ0n) is 11.6. The Bertz CT molecular complexity index is 451. The predicted molar refractivity (Wildman–Crippen MR) is 83.7 cm³/mol. The van der Waals surface area contributed by atoms with Gasteiger partial charge in [-0.25, -0.2) is 0 Å². The molecule has 1 heterocycles. The highest BCUT2D eigenvalue weighted by atomic mass is 32.2. The monoisotopic (exact) mass is 274 g/mol. The van der Waals surface area contributed by atoms with Crippen LogP contribution >= 0.6 is 11.8 Å². The van der Waals surface area contributed by atoms with Crippen LogP contribution in [0.1, 0.15) is 44.2 Å². The van der Waals surface area contributed by atoms with E-state index in [1.807, 2.05) is 11.8 Å². The van der Waals surface area contributed by atoms with Gasteiger partial charge in [0, 0.05) is 12.3 Å². The second-order valence-corrected chi connectivity index (χ2v) is 6.80. The van der Waals surface area contributed by atoms with Crippen molar-refractivity contribution in [2.24, 2.45) is 10.4 Å². The van der Waals surface area contributed by atoms with Crippen LogP contribution in [0.2, 0.25) is 0 Å². The number of nitrogens with one attached hydrogen (secondary N) is 1. The summed E-state index contributed by atoms with van der Waals surface area (Å²) >= 11 is 1.87. The molecule has 0 aromatic heterocycles. The molecule has 1 saturated heterocycles. The molecular formula is C16H22N2S. The van der Waals surface area contributed by atoms with Crippen molar-refractivity contribution < 1.29 is 0 Å². The summed E-state index contributed by atoms with van der Waals surface area (Å²) < 4.78 is 0. The third kappa shape index (κ3) is 3.14. The highest BCUT2D eigenvalue weighted by molar-refractivity contribution is 8.14. The number of amidine groups is 1. The average Bonchev–Trinajstić information content (AvgIpc) is 3.05. The summed E-state index contributed by atoms with van der Waals surface area (Å²) in [6.45, 7) is 3.30. The molecule has 1 aliphatic heterocycles. The van der Waals surface area contributed by atoms with Gasteiger partial charge in [0.25, 0.3) is 0 Å². The lowest BCUT2D eigenvalue weighted by atomic mass is 10.0. The number of hydrogen-bond acceptors (Lipinski definition) is 2. The van der Waals surface area contributed by atoms with Gasteiger partial charge in [0.1, 0.15) is 0 Å². The Morgan fingerprint density at radius 2 is 2.11 bits per heavy atom. The van der Waals surface area contributed by atoms with E-state index in [0.29, 0.717) is 11.5 Å². The van der Waals surface area contributed by atoms with Crippen molar-refractivity contribution in [3.63, 3.8) is 0 Å². The van der Waals surface area contributed by atoms with Crippen LogP contribution in [0, 0.1) is 5.41 Å². The van der Waals surface area contributed by atoms with Crippen LogP contribution in [0.25, 0.3) is 0 Å². The minimum atomic E-state index is 0.436. The number of aliphatic imine (C=N–C) groups is 1. The fraction of sp³-hybridized carbons (Fsp3) is 0.562. The van der Waals surface area contributed by atoms with Crippen molar-refractivity contribution >= 4 is 16.9 Å². The van der Waals surface area contributed by atoms with Crippen LogP contribution in [-0.4, -0.2) is 17.5 Å². The normalized spacial score (nSPS) is 26.4. The minimum Gasteiger partial charge on any atom is -0.357 e. The standard InChI is InChI=1S/C16H22N2S/c1-2-8-16(9-10-16)12-17-15-18-14(11-19-15)13-6-4-3-5-7-13/h3-7,14H,2,8-12H2,1H3,(H,17,18). The maximum Gasteiger partial charge on any atom is 0.157 e. The molecule has 1 atom stereocenters. The van der Waals surface area contributed by atoms with E-state index in [4.69, 9.17) is 4.99 Å². The molecule has 1 aliphatic carbocycles. The zero-order chi connectivity index (χ0) is 13.1. The van der Waals surface area contributed by atoms with Crippen molar-refractivity contribution in [3.8, 4) is 0 Å². The van der Waals surface area contributed by atoms with Crippen molar-refractivity contribution in [2.75, 3.05) is 12.3 Å². The minimum absolute atomic E-state index is 0.436. The van der Waals surface area contributed by atoms with Gasteiger partial charge in [-0.3, -0.25) is 4.99 Å². The molecule has 1 unspecified atom stereocenters. The van der Waals surface area contributed by atoms with Gasteiger partial charge in [-0.05, 0) is 30.2 Å². The van der Waals surface area contributed by atoms with Crippen LogP contribution < -0.4 is 5.32 Å². The average molecular weight is 274 g/mol. The van der Waals surface area contributed by atoms with Gasteiger partial charge in [-0.15, -0.1) is 0 Å². The zero-order valence-corrected chi connectivity index (χ0v) is 12.4. The highest BCUT2D eigenvalue weighted by Gasteiger charge is 2.41. The van der Waals surface area contributed by atoms with Gasteiger partial charge in [-0.1, -0.05) is 55.4 Å². The van der Waals surface area contributed by atoms with Crippen LogP contribution in [-0.2, 0) is 0 Å². The lowest BCUT2D eigenvalue weighted by Crippen LogP contribution is -2.20. The SMILES string of the molecule is CCCC1(CN=C2NC(c3ccccc3)CS2)CC1. The Hall–Kier alpha value is -0.960. The van der Waals surface area contributed by atoms with Gasteiger partial charge in [0.05, 0.1) is 6.04 Å². The van der Waals surface area contributed by atoms with Gasteiger partial charge in [-0.2, -0.15) is 0 Å². The first kappa shape index (κ1) is 13.0. The lowest BCUT2D eigenvalue weighted by Gasteiger charge is -2.12. The van der Waals surface area contributed by atoms with Crippen LogP contribution in [0.4, 0.5) is 0 Å². The second-order valence-electron chi connectivity index (χ2n) is 5.79. The van der Waals surface area contributed by atoms with Crippen LogP contribution in [0.15, 0.2) is 35.3 Å². The Balaban J connectivity index is 1.57. The van der Waals surface area contributed by atoms with Gasteiger partial charge in [0.2, 0.25) is 0 Å². The van der Waals surface area contributed by atoms with E-state index in [9.17, 15) is 0 Å². The Morgan fingerprint density at radius 1 is 1.32 bits per heavy atom. The van der Waals surface area contributed by atoms with E-state index in [1.54, 1.807) is 0 Å². The Labute approximate surface area is 120 Å². The van der Waals surface area contributed by atoms with Crippen molar-refractivity contribution in [1.29, 1.82) is 0 Å². The summed E-state index contributed by atoms with van der Waals surface area (Å²) in [6, 6.07) is 11.1. The van der Waals surface area contributed by atoms with Crippen molar-refractivity contribution in [3.05, 3.63) is 35.9 Å². The number of rotatable bonds is 5. The molecule has 0 amide bonds. The summed E-state index contributed by atoms with van der Waals surface area (Å²) in [6.07, 6.45) is 5.39. The molecule has 3 rings (SSSR count).